The predicted octanol–water partition coefficient (Wildman–Crippen LogP) is 1.49. The molecule has 1 N–H and O–H groups in total. The van der Waals surface area contributed by atoms with Crippen molar-refractivity contribution in [3.05, 3.63) is 35.4 Å². The molecule has 1 amide bonds. The van der Waals surface area contributed by atoms with Crippen LogP contribution < -0.4 is 0 Å². The molecule has 9 heteroatoms. The van der Waals surface area contributed by atoms with Crippen LogP contribution in [0.1, 0.15) is 11.1 Å². The number of benzene rings is 1. The molecular weight excluding hydrogens is 353 g/mol. The Morgan fingerprint density at radius 3 is 2.77 bits per heavy atom. The Kier molecular flexibility index (Phi) is 6.60. The van der Waals surface area contributed by atoms with Gasteiger partial charge in [0.2, 0.25) is 5.91 Å². The van der Waals surface area contributed by atoms with Crippen LogP contribution in [-0.4, -0.2) is 72.7 Å². The van der Waals surface area contributed by atoms with Crippen molar-refractivity contribution in [2.75, 3.05) is 39.8 Å². The fourth-order valence-corrected chi connectivity index (χ4v) is 2.84. The minimum Gasteiger partial charge on any atom is -0.480 e. The van der Waals surface area contributed by atoms with E-state index in [-0.39, 0.29) is 31.5 Å². The molecule has 1 aliphatic heterocycles. The molecule has 26 heavy (non-hydrogen) atoms. The van der Waals surface area contributed by atoms with Crippen molar-refractivity contribution in [1.82, 2.24) is 9.80 Å². The Bertz CT molecular complexity index is 651. The van der Waals surface area contributed by atoms with E-state index in [9.17, 15) is 22.8 Å². The average molecular weight is 374 g/mol. The Morgan fingerprint density at radius 2 is 2.12 bits per heavy atom. The molecule has 1 aromatic carbocycles. The maximum atomic E-state index is 12.8. The highest BCUT2D eigenvalue weighted by molar-refractivity contribution is 5.79. The largest absolute Gasteiger partial charge is 0.480 e. The maximum Gasteiger partial charge on any atom is 0.416 e. The molecule has 1 saturated heterocycles. The highest BCUT2D eigenvalue weighted by Crippen LogP contribution is 2.29. The first-order chi connectivity index (χ1) is 12.1. The number of hydrogen-bond donors (Lipinski definition) is 1. The fourth-order valence-electron chi connectivity index (χ4n) is 2.84. The number of carbonyl (C=O) groups excluding carboxylic acids is 1. The van der Waals surface area contributed by atoms with Gasteiger partial charge in [-0.15, -0.1) is 0 Å². The second-order valence-corrected chi connectivity index (χ2v) is 6.30. The molecule has 0 bridgehead atoms. The van der Waals surface area contributed by atoms with E-state index in [1.54, 1.807) is 16.8 Å². The normalized spacial score (nSPS) is 18.2. The molecule has 1 aromatic rings. The molecule has 1 unspecified atom stereocenters. The second-order valence-electron chi connectivity index (χ2n) is 6.30. The van der Waals surface area contributed by atoms with Crippen LogP contribution in [0.4, 0.5) is 13.2 Å². The zero-order valence-corrected chi connectivity index (χ0v) is 14.3. The number of halogens is 3. The van der Waals surface area contributed by atoms with E-state index in [4.69, 9.17) is 9.84 Å². The van der Waals surface area contributed by atoms with Crippen molar-refractivity contribution in [2.24, 2.45) is 0 Å². The number of nitrogens with zero attached hydrogens (tertiary/aromatic N) is 2. The summed E-state index contributed by atoms with van der Waals surface area (Å²) in [6.07, 6.45) is -4.90. The van der Waals surface area contributed by atoms with Crippen LogP contribution in [0.2, 0.25) is 0 Å². The molecule has 1 aliphatic rings. The maximum absolute atomic E-state index is 12.8. The van der Waals surface area contributed by atoms with Gasteiger partial charge in [-0.1, -0.05) is 18.2 Å². The molecule has 144 valence electrons. The van der Waals surface area contributed by atoms with Gasteiger partial charge in [-0.3, -0.25) is 14.5 Å². The van der Waals surface area contributed by atoms with Gasteiger partial charge in [-0.2, -0.15) is 13.2 Å². The summed E-state index contributed by atoms with van der Waals surface area (Å²) in [7, 11) is 1.64. The van der Waals surface area contributed by atoms with E-state index in [1.807, 2.05) is 0 Å². The number of rotatable bonds is 6. The summed E-state index contributed by atoms with van der Waals surface area (Å²) in [5.41, 5.74) is -0.478. The third-order valence-corrected chi connectivity index (χ3v) is 4.02. The molecule has 0 aromatic heterocycles. The minimum atomic E-state index is -4.45. The number of amides is 1. The Labute approximate surface area is 149 Å². The van der Waals surface area contributed by atoms with Crippen LogP contribution in [-0.2, 0) is 26.9 Å². The van der Waals surface area contributed by atoms with Crippen LogP contribution >= 0.6 is 0 Å². The van der Waals surface area contributed by atoms with Gasteiger partial charge in [0.25, 0.3) is 0 Å². The summed E-state index contributed by atoms with van der Waals surface area (Å²) < 4.78 is 43.8. The number of hydrogen-bond acceptors (Lipinski definition) is 4. The van der Waals surface area contributed by atoms with E-state index in [0.717, 1.165) is 12.1 Å². The molecule has 0 saturated carbocycles. The van der Waals surface area contributed by atoms with E-state index < -0.39 is 17.7 Å². The molecule has 2 rings (SSSR count). The number of aliphatic carboxylic acids is 1. The number of alkyl halides is 3. The first-order valence-corrected chi connectivity index (χ1v) is 8.11. The van der Waals surface area contributed by atoms with Gasteiger partial charge in [0.15, 0.2) is 0 Å². The van der Waals surface area contributed by atoms with Crippen molar-refractivity contribution in [2.45, 2.75) is 18.7 Å². The van der Waals surface area contributed by atoms with E-state index in [0.29, 0.717) is 25.3 Å². The molecular formula is C17H21F3N2O4. The SMILES string of the molecule is CN(CC(=O)O)CC1CN(C(=O)Cc2cccc(C(F)(F)F)c2)CCO1. The number of carbonyl (C=O) groups is 2. The third-order valence-electron chi connectivity index (χ3n) is 4.02. The lowest BCUT2D eigenvalue weighted by atomic mass is 10.1. The number of morpholine rings is 1. The lowest BCUT2D eigenvalue weighted by molar-refractivity contribution is -0.142. The van der Waals surface area contributed by atoms with Gasteiger partial charge in [0, 0.05) is 19.6 Å². The summed E-state index contributed by atoms with van der Waals surface area (Å²) >= 11 is 0. The quantitative estimate of drug-likeness (QED) is 0.817. The Morgan fingerprint density at radius 1 is 1.38 bits per heavy atom. The first kappa shape index (κ1) is 20.2. The fraction of sp³-hybridized carbons (Fsp3) is 0.529. The first-order valence-electron chi connectivity index (χ1n) is 8.11. The van der Waals surface area contributed by atoms with Gasteiger partial charge in [-0.05, 0) is 18.7 Å². The van der Waals surface area contributed by atoms with Crippen molar-refractivity contribution in [3.63, 3.8) is 0 Å². The van der Waals surface area contributed by atoms with Crippen LogP contribution in [0.15, 0.2) is 24.3 Å². The smallest absolute Gasteiger partial charge is 0.416 e. The van der Waals surface area contributed by atoms with E-state index in [2.05, 4.69) is 0 Å². The number of likely N-dealkylation sites (N-methyl/N-ethyl adjacent to an activating group) is 1. The molecule has 1 heterocycles. The van der Waals surface area contributed by atoms with E-state index >= 15 is 0 Å². The zero-order valence-electron chi connectivity index (χ0n) is 14.3. The third kappa shape index (κ3) is 5.99. The molecule has 0 radical (unpaired) electrons. The van der Waals surface area contributed by atoms with Crippen LogP contribution in [0.5, 0.6) is 0 Å². The summed E-state index contributed by atoms with van der Waals surface area (Å²) in [4.78, 5) is 26.2. The number of carboxylic acids is 1. The van der Waals surface area contributed by atoms with Crippen LogP contribution in [0, 0.1) is 0 Å². The Balaban J connectivity index is 1.94. The lowest BCUT2D eigenvalue weighted by Gasteiger charge is -2.34. The molecule has 1 atom stereocenters. The molecule has 6 nitrogen and oxygen atoms in total. The van der Waals surface area contributed by atoms with Crippen molar-refractivity contribution >= 4 is 11.9 Å². The summed E-state index contributed by atoms with van der Waals surface area (Å²) in [6.45, 7) is 1.15. The highest BCUT2D eigenvalue weighted by atomic mass is 19.4. The molecule has 0 aliphatic carbocycles. The standard InChI is InChI=1S/C17H21F3N2O4/c1-21(11-16(24)25)9-14-10-22(5-6-26-14)15(23)8-12-3-2-4-13(7-12)17(18,19)20/h2-4,7,14H,5-6,8-11H2,1H3,(H,24,25). The van der Waals surface area contributed by atoms with E-state index in [1.165, 1.54) is 12.1 Å². The molecule has 0 spiro atoms. The summed E-state index contributed by atoms with van der Waals surface area (Å²) in [6, 6.07) is 4.73. The van der Waals surface area contributed by atoms with Crippen LogP contribution in [0.25, 0.3) is 0 Å². The minimum absolute atomic E-state index is 0.123. The molecule has 1 fully saturated rings. The summed E-state index contributed by atoms with van der Waals surface area (Å²) in [5.74, 6) is -1.24. The topological polar surface area (TPSA) is 70.1 Å². The predicted molar refractivity (Wildman–Crippen MR) is 86.6 cm³/mol. The van der Waals surface area contributed by atoms with Gasteiger partial charge >= 0.3 is 12.1 Å². The van der Waals surface area contributed by atoms with Gasteiger partial charge < -0.3 is 14.7 Å². The van der Waals surface area contributed by atoms with Crippen LogP contribution in [0.3, 0.4) is 0 Å². The number of carboxylic acid groups (broad SMARTS) is 1. The van der Waals surface area contributed by atoms with Gasteiger partial charge in [-0.25, -0.2) is 0 Å². The number of ether oxygens (including phenoxy) is 1. The van der Waals surface area contributed by atoms with Gasteiger partial charge in [0.05, 0.1) is 31.2 Å². The monoisotopic (exact) mass is 374 g/mol. The summed E-state index contributed by atoms with van der Waals surface area (Å²) in [5, 5.41) is 8.77. The highest BCUT2D eigenvalue weighted by Gasteiger charge is 2.31. The average Bonchev–Trinajstić information content (AvgIpc) is 2.53. The lowest BCUT2D eigenvalue weighted by Crippen LogP contribution is -2.50. The van der Waals surface area contributed by atoms with Gasteiger partial charge in [0.1, 0.15) is 0 Å². The van der Waals surface area contributed by atoms with Crippen molar-refractivity contribution < 1.29 is 32.6 Å². The van der Waals surface area contributed by atoms with Crippen molar-refractivity contribution in [1.29, 1.82) is 0 Å². The zero-order chi connectivity index (χ0) is 19.3. The van der Waals surface area contributed by atoms with Crippen molar-refractivity contribution in [3.8, 4) is 0 Å². The second kappa shape index (κ2) is 8.50. The Hall–Kier alpha value is -2.13.